The monoisotopic (exact) mass is 352 g/mol. The van der Waals surface area contributed by atoms with Gasteiger partial charge in [-0.1, -0.05) is 23.7 Å². The molecule has 2 aliphatic rings. The van der Waals surface area contributed by atoms with E-state index in [2.05, 4.69) is 6.92 Å². The molecule has 0 bridgehead atoms. The molecule has 2 saturated heterocycles. The summed E-state index contributed by atoms with van der Waals surface area (Å²) in [4.78, 5) is 28.6. The van der Waals surface area contributed by atoms with Crippen LogP contribution in [0.25, 0.3) is 0 Å². The molecule has 0 radical (unpaired) electrons. The van der Waals surface area contributed by atoms with Gasteiger partial charge in [-0.15, -0.1) is 11.8 Å². The first kappa shape index (κ1) is 16.7. The van der Waals surface area contributed by atoms with E-state index in [0.29, 0.717) is 30.3 Å². The Morgan fingerprint density at radius 2 is 2.30 bits per heavy atom. The summed E-state index contributed by atoms with van der Waals surface area (Å²) < 4.78 is 0. The van der Waals surface area contributed by atoms with Crippen LogP contribution < -0.4 is 0 Å². The van der Waals surface area contributed by atoms with Crippen molar-refractivity contribution in [1.82, 2.24) is 9.80 Å². The number of amides is 2. The third-order valence-corrected chi connectivity index (χ3v) is 6.43. The second kappa shape index (κ2) is 6.36. The van der Waals surface area contributed by atoms with Crippen LogP contribution in [0.2, 0.25) is 5.02 Å². The summed E-state index contributed by atoms with van der Waals surface area (Å²) in [7, 11) is 0. The van der Waals surface area contributed by atoms with E-state index in [0.717, 1.165) is 12.0 Å². The Morgan fingerprint density at radius 3 is 3.00 bits per heavy atom. The highest BCUT2D eigenvalue weighted by atomic mass is 35.5. The zero-order chi connectivity index (χ0) is 16.6. The normalized spacial score (nSPS) is 26.5. The second-order valence-corrected chi connectivity index (χ2v) is 8.19. The number of fused-ring (bicyclic) bond motifs is 1. The summed E-state index contributed by atoms with van der Waals surface area (Å²) in [6.07, 6.45) is 1.38. The van der Waals surface area contributed by atoms with E-state index in [1.54, 1.807) is 11.8 Å². The SMILES string of the molecule is CCN(Cc1cccc(Cl)c1)C(=O)C1CSC2(C)CCC(=O)N12. The van der Waals surface area contributed by atoms with Gasteiger partial charge in [0.1, 0.15) is 6.04 Å². The van der Waals surface area contributed by atoms with E-state index < -0.39 is 0 Å². The molecule has 2 heterocycles. The minimum absolute atomic E-state index is 0.0407. The number of thioether (sulfide) groups is 1. The summed E-state index contributed by atoms with van der Waals surface area (Å²) in [5.74, 6) is 0.834. The minimum Gasteiger partial charge on any atom is -0.337 e. The molecule has 124 valence electrons. The maximum absolute atomic E-state index is 13.0. The van der Waals surface area contributed by atoms with Crippen molar-refractivity contribution in [2.24, 2.45) is 0 Å². The lowest BCUT2D eigenvalue weighted by Crippen LogP contribution is -2.51. The molecule has 3 rings (SSSR count). The lowest BCUT2D eigenvalue weighted by Gasteiger charge is -2.32. The number of hydrogen-bond donors (Lipinski definition) is 0. The molecule has 0 spiro atoms. The number of halogens is 1. The van der Waals surface area contributed by atoms with Crippen LogP contribution in [0.3, 0.4) is 0 Å². The molecule has 4 nitrogen and oxygen atoms in total. The van der Waals surface area contributed by atoms with Crippen molar-refractivity contribution in [2.45, 2.75) is 44.1 Å². The van der Waals surface area contributed by atoms with Gasteiger partial charge in [-0.05, 0) is 38.0 Å². The van der Waals surface area contributed by atoms with E-state index in [1.165, 1.54) is 0 Å². The van der Waals surface area contributed by atoms with E-state index in [1.807, 2.05) is 41.0 Å². The number of benzene rings is 1. The molecule has 2 fully saturated rings. The van der Waals surface area contributed by atoms with E-state index in [-0.39, 0.29) is 22.7 Å². The number of hydrogen-bond acceptors (Lipinski definition) is 3. The number of rotatable bonds is 4. The Hall–Kier alpha value is -1.20. The Bertz CT molecular complexity index is 639. The molecule has 1 aromatic carbocycles. The summed E-state index contributed by atoms with van der Waals surface area (Å²) >= 11 is 7.76. The Balaban J connectivity index is 1.76. The highest BCUT2D eigenvalue weighted by Crippen LogP contribution is 2.47. The molecule has 2 unspecified atom stereocenters. The fourth-order valence-electron chi connectivity index (χ4n) is 3.42. The van der Waals surface area contributed by atoms with E-state index in [4.69, 9.17) is 11.6 Å². The molecule has 0 N–H and O–H groups in total. The van der Waals surface area contributed by atoms with Crippen molar-refractivity contribution >= 4 is 35.2 Å². The van der Waals surface area contributed by atoms with Crippen molar-refractivity contribution in [3.05, 3.63) is 34.9 Å². The van der Waals surface area contributed by atoms with Crippen LogP contribution in [0.15, 0.2) is 24.3 Å². The van der Waals surface area contributed by atoms with Crippen molar-refractivity contribution in [2.75, 3.05) is 12.3 Å². The first-order valence-electron chi connectivity index (χ1n) is 7.94. The number of carbonyl (C=O) groups is 2. The topological polar surface area (TPSA) is 40.6 Å². The molecule has 0 aliphatic carbocycles. The Kier molecular flexibility index (Phi) is 4.61. The van der Waals surface area contributed by atoms with E-state index >= 15 is 0 Å². The van der Waals surface area contributed by atoms with Crippen LogP contribution in [0.1, 0.15) is 32.3 Å². The highest BCUT2D eigenvalue weighted by molar-refractivity contribution is 8.01. The van der Waals surface area contributed by atoms with Crippen molar-refractivity contribution in [3.8, 4) is 0 Å². The molecule has 2 amide bonds. The first-order chi connectivity index (χ1) is 10.9. The molecule has 2 aliphatic heterocycles. The third-order valence-electron chi connectivity index (χ3n) is 4.69. The van der Waals surface area contributed by atoms with Crippen LogP contribution in [-0.2, 0) is 16.1 Å². The van der Waals surface area contributed by atoms with E-state index in [9.17, 15) is 9.59 Å². The van der Waals surface area contributed by atoms with Gasteiger partial charge in [-0.3, -0.25) is 9.59 Å². The van der Waals surface area contributed by atoms with Gasteiger partial charge in [-0.25, -0.2) is 0 Å². The number of nitrogens with zero attached hydrogens (tertiary/aromatic N) is 2. The number of likely N-dealkylation sites (N-methyl/N-ethyl adjacent to an activating group) is 1. The minimum atomic E-state index is -0.334. The van der Waals surface area contributed by atoms with Crippen molar-refractivity contribution in [1.29, 1.82) is 0 Å². The van der Waals surface area contributed by atoms with Gasteiger partial charge in [0.05, 0.1) is 4.87 Å². The van der Waals surface area contributed by atoms with Gasteiger partial charge in [0.15, 0.2) is 0 Å². The van der Waals surface area contributed by atoms with Crippen LogP contribution >= 0.6 is 23.4 Å². The first-order valence-corrected chi connectivity index (χ1v) is 9.30. The molecular weight excluding hydrogens is 332 g/mol. The zero-order valence-corrected chi connectivity index (χ0v) is 15.0. The smallest absolute Gasteiger partial charge is 0.246 e. The molecule has 6 heteroatoms. The van der Waals surface area contributed by atoms with Gasteiger partial charge >= 0.3 is 0 Å². The summed E-state index contributed by atoms with van der Waals surface area (Å²) in [6.45, 7) is 5.18. The lowest BCUT2D eigenvalue weighted by atomic mass is 10.1. The summed E-state index contributed by atoms with van der Waals surface area (Å²) in [5.41, 5.74) is 1.01. The Morgan fingerprint density at radius 1 is 1.52 bits per heavy atom. The second-order valence-electron chi connectivity index (χ2n) is 6.25. The van der Waals surface area contributed by atoms with Crippen LogP contribution in [0.5, 0.6) is 0 Å². The van der Waals surface area contributed by atoms with Gasteiger partial charge in [0.2, 0.25) is 11.8 Å². The highest BCUT2D eigenvalue weighted by Gasteiger charge is 2.53. The fourth-order valence-corrected chi connectivity index (χ4v) is 5.05. The molecule has 23 heavy (non-hydrogen) atoms. The fraction of sp³-hybridized carbons (Fsp3) is 0.529. The molecule has 0 saturated carbocycles. The standard InChI is InChI=1S/C17H21ClN2O2S/c1-3-19(10-12-5-4-6-13(18)9-12)16(22)14-11-23-17(2)8-7-15(21)20(14)17/h4-6,9,14H,3,7-8,10-11H2,1-2H3. The largest absolute Gasteiger partial charge is 0.337 e. The quantitative estimate of drug-likeness (QED) is 0.835. The maximum atomic E-state index is 13.0. The average molecular weight is 353 g/mol. The lowest BCUT2D eigenvalue weighted by molar-refractivity contribution is -0.144. The maximum Gasteiger partial charge on any atom is 0.246 e. The van der Waals surface area contributed by atoms with Crippen molar-refractivity contribution < 1.29 is 9.59 Å². The van der Waals surface area contributed by atoms with Gasteiger partial charge in [0, 0.05) is 30.3 Å². The molecule has 1 aromatic rings. The van der Waals surface area contributed by atoms with Crippen molar-refractivity contribution in [3.63, 3.8) is 0 Å². The molecule has 0 aromatic heterocycles. The third kappa shape index (κ3) is 3.09. The van der Waals surface area contributed by atoms with Gasteiger partial charge in [-0.2, -0.15) is 0 Å². The van der Waals surface area contributed by atoms with Gasteiger partial charge < -0.3 is 9.80 Å². The Labute approximate surface area is 146 Å². The summed E-state index contributed by atoms with van der Waals surface area (Å²) in [6, 6.07) is 7.23. The average Bonchev–Trinajstić information content (AvgIpc) is 3.01. The molecular formula is C17H21ClN2O2S. The van der Waals surface area contributed by atoms with Crippen LogP contribution in [0, 0.1) is 0 Å². The number of carbonyl (C=O) groups excluding carboxylic acids is 2. The van der Waals surface area contributed by atoms with Crippen LogP contribution in [-0.4, -0.2) is 44.8 Å². The van der Waals surface area contributed by atoms with Crippen LogP contribution in [0.4, 0.5) is 0 Å². The predicted octanol–water partition coefficient (Wildman–Crippen LogP) is 3.14. The summed E-state index contributed by atoms with van der Waals surface area (Å²) in [5, 5.41) is 0.671. The predicted molar refractivity (Wildman–Crippen MR) is 93.3 cm³/mol. The molecule has 2 atom stereocenters. The van der Waals surface area contributed by atoms with Gasteiger partial charge in [0.25, 0.3) is 0 Å². The zero-order valence-electron chi connectivity index (χ0n) is 13.4.